The van der Waals surface area contributed by atoms with Crippen LogP contribution in [0.25, 0.3) is 0 Å². The molecule has 0 spiro atoms. The Morgan fingerprint density at radius 2 is 2.20 bits per heavy atom. The van der Waals surface area contributed by atoms with Crippen LogP contribution in [-0.2, 0) is 0 Å². The maximum Gasteiger partial charge on any atom is 0.114 e. The Morgan fingerprint density at radius 1 is 1.40 bits per heavy atom. The standard InChI is InChI=1S/C9H11O/c1-2-5-8(4-1)9-6-3-7-10-9/h3,7-8H,1-2,4-5H2. The third-order valence-electron chi connectivity index (χ3n) is 2.21. The Kier molecular flexibility index (Phi) is 1.50. The summed E-state index contributed by atoms with van der Waals surface area (Å²) in [6.07, 6.45) is 7.03. The highest BCUT2D eigenvalue weighted by Crippen LogP contribution is 2.33. The quantitative estimate of drug-likeness (QED) is 0.577. The molecule has 0 bridgehead atoms. The SMILES string of the molecule is [c]1ccoc1C1CCCC1. The van der Waals surface area contributed by atoms with E-state index in [4.69, 9.17) is 4.42 Å². The summed E-state index contributed by atoms with van der Waals surface area (Å²) in [5.74, 6) is 1.74. The van der Waals surface area contributed by atoms with E-state index in [9.17, 15) is 0 Å². The lowest BCUT2D eigenvalue weighted by Crippen LogP contribution is -1.87. The van der Waals surface area contributed by atoms with Crippen LogP contribution in [0.1, 0.15) is 37.4 Å². The van der Waals surface area contributed by atoms with Crippen LogP contribution < -0.4 is 0 Å². The molecule has 1 aliphatic rings. The molecule has 1 heterocycles. The largest absolute Gasteiger partial charge is 0.468 e. The second-order valence-electron chi connectivity index (χ2n) is 2.91. The van der Waals surface area contributed by atoms with Gasteiger partial charge in [0, 0.05) is 12.0 Å². The molecule has 2 rings (SSSR count). The summed E-state index contributed by atoms with van der Waals surface area (Å²) in [5.41, 5.74) is 0. The zero-order valence-electron chi connectivity index (χ0n) is 5.97. The van der Waals surface area contributed by atoms with E-state index in [1.165, 1.54) is 25.7 Å². The molecule has 0 N–H and O–H groups in total. The van der Waals surface area contributed by atoms with Gasteiger partial charge in [-0.05, 0) is 18.9 Å². The van der Waals surface area contributed by atoms with Crippen molar-refractivity contribution < 1.29 is 4.42 Å². The van der Waals surface area contributed by atoms with E-state index in [0.29, 0.717) is 5.92 Å². The van der Waals surface area contributed by atoms with Crippen molar-refractivity contribution in [3.8, 4) is 0 Å². The lowest BCUT2D eigenvalue weighted by Gasteiger charge is -2.01. The van der Waals surface area contributed by atoms with Crippen LogP contribution in [0.3, 0.4) is 0 Å². The Hall–Kier alpha value is -0.720. The monoisotopic (exact) mass is 135 g/mol. The third-order valence-corrected chi connectivity index (χ3v) is 2.21. The van der Waals surface area contributed by atoms with Gasteiger partial charge in [-0.2, -0.15) is 0 Å². The van der Waals surface area contributed by atoms with Crippen molar-refractivity contribution in [1.29, 1.82) is 0 Å². The van der Waals surface area contributed by atoms with Crippen molar-refractivity contribution in [3.05, 3.63) is 24.2 Å². The maximum absolute atomic E-state index is 5.26. The van der Waals surface area contributed by atoms with Gasteiger partial charge in [0.15, 0.2) is 0 Å². The summed E-state index contributed by atoms with van der Waals surface area (Å²) in [7, 11) is 0. The van der Waals surface area contributed by atoms with E-state index in [1.807, 2.05) is 6.07 Å². The molecule has 0 aliphatic heterocycles. The molecule has 1 radical (unpaired) electrons. The average molecular weight is 135 g/mol. The molecule has 10 heavy (non-hydrogen) atoms. The van der Waals surface area contributed by atoms with Crippen LogP contribution >= 0.6 is 0 Å². The van der Waals surface area contributed by atoms with Crippen LogP contribution in [-0.4, -0.2) is 0 Å². The first-order valence-corrected chi connectivity index (χ1v) is 3.92. The zero-order chi connectivity index (χ0) is 6.81. The van der Waals surface area contributed by atoms with E-state index >= 15 is 0 Å². The number of hydrogen-bond acceptors (Lipinski definition) is 1. The first kappa shape index (κ1) is 6.02. The minimum Gasteiger partial charge on any atom is -0.468 e. The Labute approximate surface area is 61.0 Å². The predicted octanol–water partition coefficient (Wildman–Crippen LogP) is 2.74. The summed E-state index contributed by atoms with van der Waals surface area (Å²) in [6.45, 7) is 0. The number of rotatable bonds is 1. The summed E-state index contributed by atoms with van der Waals surface area (Å²) < 4.78 is 5.26. The molecule has 0 amide bonds. The number of furan rings is 1. The maximum atomic E-state index is 5.26. The van der Waals surface area contributed by atoms with Gasteiger partial charge in [0.05, 0.1) is 6.26 Å². The lowest BCUT2D eigenvalue weighted by molar-refractivity contribution is 0.464. The topological polar surface area (TPSA) is 13.1 Å². The first-order valence-electron chi connectivity index (χ1n) is 3.92. The first-order chi connectivity index (χ1) is 4.97. The Bertz CT molecular complexity index is 183. The van der Waals surface area contributed by atoms with Gasteiger partial charge < -0.3 is 4.42 Å². The molecule has 1 aliphatic carbocycles. The van der Waals surface area contributed by atoms with Crippen molar-refractivity contribution in [2.75, 3.05) is 0 Å². The fourth-order valence-corrected chi connectivity index (χ4v) is 1.66. The van der Waals surface area contributed by atoms with Gasteiger partial charge in [0.1, 0.15) is 5.76 Å². The molecule has 1 nitrogen and oxygen atoms in total. The van der Waals surface area contributed by atoms with Gasteiger partial charge in [-0.25, -0.2) is 0 Å². The van der Waals surface area contributed by atoms with Gasteiger partial charge in [0.2, 0.25) is 0 Å². The summed E-state index contributed by atoms with van der Waals surface area (Å²) in [4.78, 5) is 0. The highest BCUT2D eigenvalue weighted by Gasteiger charge is 2.18. The lowest BCUT2D eigenvalue weighted by atomic mass is 10.1. The molecule has 53 valence electrons. The molecular formula is C9H11O. The van der Waals surface area contributed by atoms with Crippen LogP contribution in [0.15, 0.2) is 16.7 Å². The Balaban J connectivity index is 2.12. The molecule has 0 aromatic carbocycles. The van der Waals surface area contributed by atoms with E-state index in [-0.39, 0.29) is 0 Å². The molecule has 0 unspecified atom stereocenters. The van der Waals surface area contributed by atoms with E-state index in [0.717, 1.165) is 5.76 Å². The van der Waals surface area contributed by atoms with Gasteiger partial charge in [0.25, 0.3) is 0 Å². The Morgan fingerprint density at radius 3 is 2.80 bits per heavy atom. The van der Waals surface area contributed by atoms with Crippen LogP contribution in [0.4, 0.5) is 0 Å². The minimum atomic E-state index is 0.676. The van der Waals surface area contributed by atoms with E-state index in [2.05, 4.69) is 6.07 Å². The van der Waals surface area contributed by atoms with Crippen molar-refractivity contribution in [1.82, 2.24) is 0 Å². The van der Waals surface area contributed by atoms with Gasteiger partial charge >= 0.3 is 0 Å². The fourth-order valence-electron chi connectivity index (χ4n) is 1.66. The third kappa shape index (κ3) is 0.962. The summed E-state index contributed by atoms with van der Waals surface area (Å²) >= 11 is 0. The number of hydrogen-bond donors (Lipinski definition) is 0. The zero-order valence-corrected chi connectivity index (χ0v) is 5.97. The molecular weight excluding hydrogens is 124 g/mol. The van der Waals surface area contributed by atoms with E-state index < -0.39 is 0 Å². The van der Waals surface area contributed by atoms with Crippen molar-refractivity contribution >= 4 is 0 Å². The summed E-state index contributed by atoms with van der Waals surface area (Å²) in [6, 6.07) is 4.97. The second kappa shape index (κ2) is 2.49. The van der Waals surface area contributed by atoms with Crippen molar-refractivity contribution in [2.24, 2.45) is 0 Å². The normalized spacial score (nSPS) is 20.0. The highest BCUT2D eigenvalue weighted by atomic mass is 16.3. The fraction of sp³-hybridized carbons (Fsp3) is 0.556. The van der Waals surface area contributed by atoms with Crippen molar-refractivity contribution in [3.63, 3.8) is 0 Å². The van der Waals surface area contributed by atoms with E-state index in [1.54, 1.807) is 6.26 Å². The predicted molar refractivity (Wildman–Crippen MR) is 38.8 cm³/mol. The van der Waals surface area contributed by atoms with Crippen LogP contribution in [0.2, 0.25) is 0 Å². The smallest absolute Gasteiger partial charge is 0.114 e. The molecule has 1 fully saturated rings. The molecule has 0 atom stereocenters. The minimum absolute atomic E-state index is 0.676. The molecule has 1 aromatic rings. The average Bonchev–Trinajstić information content (AvgIpc) is 2.59. The van der Waals surface area contributed by atoms with Gasteiger partial charge in [-0.1, -0.05) is 12.8 Å². The summed E-state index contributed by atoms with van der Waals surface area (Å²) in [5, 5.41) is 0. The molecule has 0 saturated heterocycles. The second-order valence-corrected chi connectivity index (χ2v) is 2.91. The van der Waals surface area contributed by atoms with Gasteiger partial charge in [-0.15, -0.1) is 0 Å². The van der Waals surface area contributed by atoms with Crippen LogP contribution in [0, 0.1) is 6.07 Å². The van der Waals surface area contributed by atoms with Gasteiger partial charge in [-0.3, -0.25) is 0 Å². The molecule has 1 saturated carbocycles. The van der Waals surface area contributed by atoms with Crippen LogP contribution in [0.5, 0.6) is 0 Å². The highest BCUT2D eigenvalue weighted by molar-refractivity contribution is 5.04. The molecule has 1 aromatic heterocycles. The van der Waals surface area contributed by atoms with Crippen molar-refractivity contribution in [2.45, 2.75) is 31.6 Å². The molecule has 1 heteroatoms.